The number of nitrogens with zero attached hydrogens (tertiary/aromatic N) is 4. The predicted molar refractivity (Wildman–Crippen MR) is 126 cm³/mol. The number of aliphatic imine (C=N–C) groups is 2. The van der Waals surface area contributed by atoms with Crippen LogP contribution in [0.2, 0.25) is 0 Å². The number of hydrazone groups is 2. The molecule has 0 radical (unpaired) electrons. The molecule has 0 unspecified atom stereocenters. The van der Waals surface area contributed by atoms with Crippen molar-refractivity contribution in [1.82, 2.24) is 10.9 Å². The molecule has 0 aromatic heterocycles. The Kier molecular flexibility index (Phi) is 5.21. The molecule has 0 saturated heterocycles. The summed E-state index contributed by atoms with van der Waals surface area (Å²) in [7, 11) is 0. The summed E-state index contributed by atoms with van der Waals surface area (Å²) in [5.41, 5.74) is 8.31. The number of hydrogen-bond donors (Lipinski definition) is 2. The molecule has 0 spiro atoms. The van der Waals surface area contributed by atoms with Crippen LogP contribution in [-0.4, -0.2) is 37.2 Å². The molecule has 150 valence electrons. The Bertz CT molecular complexity index is 1110. The normalized spacial score (nSPS) is 16.7. The number of nitrogens with one attached hydrogen (secondary N) is 2. The van der Waals surface area contributed by atoms with Gasteiger partial charge < -0.3 is 0 Å². The highest BCUT2D eigenvalue weighted by atomic mass is 15.3. The van der Waals surface area contributed by atoms with E-state index in [0.29, 0.717) is 0 Å². The SMILES string of the molecule is C(=N\NC1=NCCC1)/c1cccc2cc3c(/C=N/NC4=NCCC4)cccc3cc12. The van der Waals surface area contributed by atoms with Gasteiger partial charge in [0.05, 0.1) is 12.4 Å². The first-order valence-electron chi connectivity index (χ1n) is 10.5. The number of hydrogen-bond acceptors (Lipinski definition) is 6. The summed E-state index contributed by atoms with van der Waals surface area (Å²) in [5.74, 6) is 1.94. The number of benzene rings is 3. The molecule has 2 N–H and O–H groups in total. The van der Waals surface area contributed by atoms with E-state index in [-0.39, 0.29) is 0 Å². The average molecular weight is 396 g/mol. The van der Waals surface area contributed by atoms with Crippen LogP contribution in [0.4, 0.5) is 0 Å². The summed E-state index contributed by atoms with van der Waals surface area (Å²) in [6.45, 7) is 1.79. The molecule has 0 atom stereocenters. The highest BCUT2D eigenvalue weighted by Gasteiger charge is 2.07. The fraction of sp³-hybridized carbons (Fsp3) is 0.250. The molecule has 3 aromatic carbocycles. The molecular formula is C24H24N6. The second kappa shape index (κ2) is 8.45. The van der Waals surface area contributed by atoms with Crippen molar-refractivity contribution in [3.63, 3.8) is 0 Å². The van der Waals surface area contributed by atoms with Crippen molar-refractivity contribution in [3.8, 4) is 0 Å². The minimum Gasteiger partial charge on any atom is -0.271 e. The van der Waals surface area contributed by atoms with Crippen molar-refractivity contribution in [2.75, 3.05) is 13.1 Å². The lowest BCUT2D eigenvalue weighted by Gasteiger charge is -2.08. The zero-order valence-corrected chi connectivity index (χ0v) is 16.8. The highest BCUT2D eigenvalue weighted by molar-refractivity contribution is 6.10. The second-order valence-electron chi connectivity index (χ2n) is 7.59. The minimum atomic E-state index is 0.896. The molecule has 3 aromatic rings. The fourth-order valence-electron chi connectivity index (χ4n) is 3.94. The summed E-state index contributed by atoms with van der Waals surface area (Å²) < 4.78 is 0. The van der Waals surface area contributed by atoms with Gasteiger partial charge in [0.25, 0.3) is 0 Å². The molecule has 2 aliphatic rings. The maximum Gasteiger partial charge on any atom is 0.117 e. The third kappa shape index (κ3) is 3.94. The Hall–Kier alpha value is -3.54. The zero-order valence-electron chi connectivity index (χ0n) is 16.8. The summed E-state index contributed by atoms with van der Waals surface area (Å²) in [6, 6.07) is 17.1. The lowest BCUT2D eigenvalue weighted by molar-refractivity contribution is 0.937. The van der Waals surface area contributed by atoms with E-state index in [2.05, 4.69) is 79.6 Å². The molecule has 2 aliphatic heterocycles. The van der Waals surface area contributed by atoms with Crippen LogP contribution < -0.4 is 10.9 Å². The summed E-state index contributed by atoms with van der Waals surface area (Å²) in [6.07, 6.45) is 7.92. The van der Waals surface area contributed by atoms with E-state index >= 15 is 0 Å². The summed E-state index contributed by atoms with van der Waals surface area (Å²) in [4.78, 5) is 8.79. The molecule has 6 nitrogen and oxygen atoms in total. The topological polar surface area (TPSA) is 73.5 Å². The maximum atomic E-state index is 4.40. The third-order valence-corrected chi connectivity index (χ3v) is 5.49. The minimum absolute atomic E-state index is 0.896. The average Bonchev–Trinajstić information content (AvgIpc) is 3.47. The van der Waals surface area contributed by atoms with Gasteiger partial charge in [-0.2, -0.15) is 10.2 Å². The van der Waals surface area contributed by atoms with Crippen LogP contribution in [0, 0.1) is 0 Å². The van der Waals surface area contributed by atoms with Gasteiger partial charge in [0.2, 0.25) is 0 Å². The molecule has 0 bridgehead atoms. The van der Waals surface area contributed by atoms with E-state index in [1.54, 1.807) is 0 Å². The van der Waals surface area contributed by atoms with E-state index in [1.165, 1.54) is 21.5 Å². The molecule has 0 fully saturated rings. The maximum absolute atomic E-state index is 4.40. The highest BCUT2D eigenvalue weighted by Crippen LogP contribution is 2.26. The van der Waals surface area contributed by atoms with E-state index in [0.717, 1.165) is 61.6 Å². The summed E-state index contributed by atoms with van der Waals surface area (Å²) in [5, 5.41) is 13.5. The molecule has 30 heavy (non-hydrogen) atoms. The zero-order chi connectivity index (χ0) is 20.2. The third-order valence-electron chi connectivity index (χ3n) is 5.49. The van der Waals surface area contributed by atoms with Crippen molar-refractivity contribution in [2.24, 2.45) is 20.2 Å². The van der Waals surface area contributed by atoms with Gasteiger partial charge >= 0.3 is 0 Å². The lowest BCUT2D eigenvalue weighted by Crippen LogP contribution is -2.14. The summed E-state index contributed by atoms with van der Waals surface area (Å²) >= 11 is 0. The van der Waals surface area contributed by atoms with Crippen LogP contribution in [0.1, 0.15) is 36.8 Å². The molecule has 0 saturated carbocycles. The van der Waals surface area contributed by atoms with Crippen LogP contribution >= 0.6 is 0 Å². The van der Waals surface area contributed by atoms with Crippen LogP contribution in [0.3, 0.4) is 0 Å². The molecule has 2 heterocycles. The van der Waals surface area contributed by atoms with Gasteiger partial charge in [-0.1, -0.05) is 36.4 Å². The smallest absolute Gasteiger partial charge is 0.117 e. The number of amidine groups is 2. The first-order chi connectivity index (χ1) is 14.9. The quantitative estimate of drug-likeness (QED) is 0.394. The van der Waals surface area contributed by atoms with Crippen molar-refractivity contribution < 1.29 is 0 Å². The Morgan fingerprint density at radius 2 is 1.20 bits per heavy atom. The van der Waals surface area contributed by atoms with Crippen LogP contribution in [0.25, 0.3) is 21.5 Å². The Labute approximate surface area is 175 Å². The van der Waals surface area contributed by atoms with Crippen molar-refractivity contribution >= 4 is 45.6 Å². The first-order valence-corrected chi connectivity index (χ1v) is 10.5. The van der Waals surface area contributed by atoms with Gasteiger partial charge in [-0.3, -0.25) is 20.8 Å². The Morgan fingerprint density at radius 3 is 1.63 bits per heavy atom. The van der Waals surface area contributed by atoms with Gasteiger partial charge in [0, 0.05) is 37.1 Å². The first kappa shape index (κ1) is 18.5. The molecular weight excluding hydrogens is 372 g/mol. The van der Waals surface area contributed by atoms with Crippen molar-refractivity contribution in [2.45, 2.75) is 25.7 Å². The predicted octanol–water partition coefficient (Wildman–Crippen LogP) is 4.22. The Morgan fingerprint density at radius 1 is 0.700 bits per heavy atom. The molecule has 0 amide bonds. The molecule has 6 heteroatoms. The van der Waals surface area contributed by atoms with Gasteiger partial charge in [-0.05, 0) is 46.5 Å². The van der Waals surface area contributed by atoms with Crippen molar-refractivity contribution in [1.29, 1.82) is 0 Å². The number of rotatable bonds is 4. The fourth-order valence-corrected chi connectivity index (χ4v) is 3.94. The van der Waals surface area contributed by atoms with Gasteiger partial charge in [0.15, 0.2) is 0 Å². The van der Waals surface area contributed by atoms with Crippen molar-refractivity contribution in [3.05, 3.63) is 59.7 Å². The lowest BCUT2D eigenvalue weighted by atomic mass is 9.97. The van der Waals surface area contributed by atoms with E-state index in [9.17, 15) is 0 Å². The van der Waals surface area contributed by atoms with Gasteiger partial charge in [-0.25, -0.2) is 0 Å². The second-order valence-corrected chi connectivity index (χ2v) is 7.59. The van der Waals surface area contributed by atoms with E-state index in [1.807, 2.05) is 12.4 Å². The molecule has 0 aliphatic carbocycles. The standard InChI is InChI=1S/C24H24N6/c1-5-17-13-22-18(6-2-8-20(22)16-28-30-24-10-4-12-26-24)14-21(17)19(7-1)15-27-29-23-9-3-11-25-23/h1-2,5-8,13-16H,3-4,9-12H2,(H,25,29)(H,26,30)/b27-15+,28-16+. The van der Waals surface area contributed by atoms with Gasteiger partial charge in [0.1, 0.15) is 11.7 Å². The largest absolute Gasteiger partial charge is 0.271 e. The Balaban J connectivity index is 1.45. The van der Waals surface area contributed by atoms with Gasteiger partial charge in [-0.15, -0.1) is 0 Å². The van der Waals surface area contributed by atoms with E-state index < -0.39 is 0 Å². The van der Waals surface area contributed by atoms with Crippen LogP contribution in [0.15, 0.2) is 68.7 Å². The number of fused-ring (bicyclic) bond motifs is 2. The van der Waals surface area contributed by atoms with Crippen LogP contribution in [-0.2, 0) is 0 Å². The molecule has 5 rings (SSSR count). The van der Waals surface area contributed by atoms with E-state index in [4.69, 9.17) is 0 Å². The van der Waals surface area contributed by atoms with Crippen LogP contribution in [0.5, 0.6) is 0 Å². The monoisotopic (exact) mass is 396 g/mol.